The van der Waals surface area contributed by atoms with Gasteiger partial charge in [-0.2, -0.15) is 5.26 Å². The Bertz CT molecular complexity index is 669. The van der Waals surface area contributed by atoms with E-state index in [1.165, 1.54) is 0 Å². The predicted octanol–water partition coefficient (Wildman–Crippen LogP) is 3.05. The molecule has 0 saturated heterocycles. The number of nitrogens with zero attached hydrogens (tertiary/aromatic N) is 2. The number of nitrogens with one attached hydrogen (secondary N) is 1. The lowest BCUT2D eigenvalue weighted by atomic mass is 9.94. The van der Waals surface area contributed by atoms with Gasteiger partial charge in [0.25, 0.3) is 5.91 Å². The van der Waals surface area contributed by atoms with Gasteiger partial charge in [0.1, 0.15) is 11.2 Å². The molecule has 1 aromatic carbocycles. The third kappa shape index (κ3) is 2.62. The van der Waals surface area contributed by atoms with Crippen LogP contribution >= 0.6 is 0 Å². The molecule has 0 aliphatic heterocycles. The summed E-state index contributed by atoms with van der Waals surface area (Å²) in [5.74, 6) is -0.305. The second-order valence-electron chi connectivity index (χ2n) is 4.74. The minimum absolute atomic E-state index is 0.305. The van der Waals surface area contributed by atoms with Crippen molar-refractivity contribution in [2.75, 3.05) is 0 Å². The molecule has 4 nitrogen and oxygen atoms in total. The molecule has 0 radical (unpaired) electrons. The van der Waals surface area contributed by atoms with E-state index in [-0.39, 0.29) is 5.91 Å². The lowest BCUT2D eigenvalue weighted by molar-refractivity contribution is 0.0911. The SMILES string of the molecule is CCC(C#N)(CC)NC(=O)c1ccc2ccccc2n1. The van der Waals surface area contributed by atoms with Crippen molar-refractivity contribution in [3.8, 4) is 6.07 Å². The van der Waals surface area contributed by atoms with Gasteiger partial charge in [-0.25, -0.2) is 4.98 Å². The average molecular weight is 267 g/mol. The Morgan fingerprint density at radius 3 is 2.60 bits per heavy atom. The Kier molecular flexibility index (Phi) is 3.99. The number of nitriles is 1. The smallest absolute Gasteiger partial charge is 0.271 e. The molecule has 2 aromatic rings. The fourth-order valence-corrected chi connectivity index (χ4v) is 2.09. The van der Waals surface area contributed by atoms with Crippen molar-refractivity contribution in [2.45, 2.75) is 32.2 Å². The predicted molar refractivity (Wildman–Crippen MR) is 78.1 cm³/mol. The van der Waals surface area contributed by atoms with Crippen LogP contribution in [-0.4, -0.2) is 16.4 Å². The van der Waals surface area contributed by atoms with Crippen molar-refractivity contribution in [3.63, 3.8) is 0 Å². The van der Waals surface area contributed by atoms with Gasteiger partial charge >= 0.3 is 0 Å². The molecule has 0 saturated carbocycles. The average Bonchev–Trinajstić information content (AvgIpc) is 2.52. The van der Waals surface area contributed by atoms with Gasteiger partial charge in [-0.1, -0.05) is 38.1 Å². The van der Waals surface area contributed by atoms with E-state index in [0.717, 1.165) is 10.9 Å². The number of carbonyl (C=O) groups excluding carboxylic acids is 1. The highest BCUT2D eigenvalue weighted by Crippen LogP contribution is 2.16. The molecule has 0 spiro atoms. The summed E-state index contributed by atoms with van der Waals surface area (Å²) in [6, 6.07) is 13.4. The number of rotatable bonds is 4. The van der Waals surface area contributed by atoms with Crippen LogP contribution in [0.3, 0.4) is 0 Å². The van der Waals surface area contributed by atoms with Crippen LogP contribution in [0, 0.1) is 11.3 Å². The highest BCUT2D eigenvalue weighted by molar-refractivity contribution is 5.95. The maximum Gasteiger partial charge on any atom is 0.271 e. The number of benzene rings is 1. The van der Waals surface area contributed by atoms with E-state index < -0.39 is 5.54 Å². The first-order valence-electron chi connectivity index (χ1n) is 6.73. The maximum atomic E-state index is 12.3. The van der Waals surface area contributed by atoms with E-state index in [2.05, 4.69) is 16.4 Å². The topological polar surface area (TPSA) is 65.8 Å². The maximum absolute atomic E-state index is 12.3. The van der Waals surface area contributed by atoms with Crippen molar-refractivity contribution in [1.29, 1.82) is 5.26 Å². The van der Waals surface area contributed by atoms with Crippen molar-refractivity contribution in [1.82, 2.24) is 10.3 Å². The molecular weight excluding hydrogens is 250 g/mol. The highest BCUT2D eigenvalue weighted by atomic mass is 16.2. The van der Waals surface area contributed by atoms with Crippen molar-refractivity contribution in [2.24, 2.45) is 0 Å². The number of aromatic nitrogens is 1. The van der Waals surface area contributed by atoms with Gasteiger partial charge in [0.15, 0.2) is 0 Å². The summed E-state index contributed by atoms with van der Waals surface area (Å²) in [6.07, 6.45) is 1.14. The number of pyridine rings is 1. The molecule has 0 atom stereocenters. The Hall–Kier alpha value is -2.41. The van der Waals surface area contributed by atoms with E-state index >= 15 is 0 Å². The zero-order chi connectivity index (χ0) is 14.6. The molecule has 1 heterocycles. The summed E-state index contributed by atoms with van der Waals surface area (Å²) in [6.45, 7) is 3.78. The molecule has 1 aromatic heterocycles. The number of hydrogen-bond donors (Lipinski definition) is 1. The quantitative estimate of drug-likeness (QED) is 0.925. The summed E-state index contributed by atoms with van der Waals surface area (Å²) < 4.78 is 0. The summed E-state index contributed by atoms with van der Waals surface area (Å²) >= 11 is 0. The molecule has 0 aliphatic rings. The van der Waals surface area contributed by atoms with Gasteiger partial charge in [-0.3, -0.25) is 4.79 Å². The molecule has 1 amide bonds. The molecular formula is C16H17N3O. The van der Waals surface area contributed by atoms with Crippen LogP contribution in [0.1, 0.15) is 37.2 Å². The molecule has 102 valence electrons. The van der Waals surface area contributed by atoms with Gasteiger partial charge in [0.2, 0.25) is 0 Å². The van der Waals surface area contributed by atoms with Gasteiger partial charge in [0, 0.05) is 5.39 Å². The number of fused-ring (bicyclic) bond motifs is 1. The van der Waals surface area contributed by atoms with E-state index in [1.54, 1.807) is 6.07 Å². The third-order valence-electron chi connectivity index (χ3n) is 3.60. The minimum atomic E-state index is -0.815. The second-order valence-corrected chi connectivity index (χ2v) is 4.74. The second kappa shape index (κ2) is 5.70. The van der Waals surface area contributed by atoms with Crippen molar-refractivity contribution in [3.05, 3.63) is 42.1 Å². The largest absolute Gasteiger partial charge is 0.332 e. The Morgan fingerprint density at radius 1 is 1.25 bits per heavy atom. The molecule has 1 N–H and O–H groups in total. The Morgan fingerprint density at radius 2 is 1.95 bits per heavy atom. The first-order valence-corrected chi connectivity index (χ1v) is 6.73. The van der Waals surface area contributed by atoms with Crippen LogP contribution in [-0.2, 0) is 0 Å². The summed E-state index contributed by atoms with van der Waals surface area (Å²) in [5.41, 5.74) is 0.297. The van der Waals surface area contributed by atoms with Crippen LogP contribution in [0.25, 0.3) is 10.9 Å². The van der Waals surface area contributed by atoms with Crippen LogP contribution in [0.15, 0.2) is 36.4 Å². The first kappa shape index (κ1) is 14.0. The Labute approximate surface area is 118 Å². The zero-order valence-corrected chi connectivity index (χ0v) is 11.7. The monoisotopic (exact) mass is 267 g/mol. The molecule has 0 unspecified atom stereocenters. The molecule has 0 fully saturated rings. The van der Waals surface area contributed by atoms with Crippen LogP contribution in [0.2, 0.25) is 0 Å². The van der Waals surface area contributed by atoms with Gasteiger partial charge in [0.05, 0.1) is 11.6 Å². The third-order valence-corrected chi connectivity index (χ3v) is 3.60. The van der Waals surface area contributed by atoms with Crippen molar-refractivity contribution < 1.29 is 4.79 Å². The molecule has 4 heteroatoms. The number of hydrogen-bond acceptors (Lipinski definition) is 3. The highest BCUT2D eigenvalue weighted by Gasteiger charge is 2.28. The van der Waals surface area contributed by atoms with E-state index in [1.807, 2.05) is 44.2 Å². The van der Waals surface area contributed by atoms with Gasteiger partial charge < -0.3 is 5.32 Å². The summed E-state index contributed by atoms with van der Waals surface area (Å²) in [5, 5.41) is 13.0. The lowest BCUT2D eigenvalue weighted by Gasteiger charge is -2.24. The fourth-order valence-electron chi connectivity index (χ4n) is 2.09. The van der Waals surface area contributed by atoms with E-state index in [0.29, 0.717) is 18.5 Å². The summed E-state index contributed by atoms with van der Waals surface area (Å²) in [4.78, 5) is 16.6. The summed E-state index contributed by atoms with van der Waals surface area (Å²) in [7, 11) is 0. The van der Waals surface area contributed by atoms with Crippen LogP contribution < -0.4 is 5.32 Å². The molecule has 2 rings (SSSR count). The van der Waals surface area contributed by atoms with E-state index in [4.69, 9.17) is 0 Å². The first-order chi connectivity index (χ1) is 9.64. The molecule has 20 heavy (non-hydrogen) atoms. The Balaban J connectivity index is 2.30. The number of amides is 1. The van der Waals surface area contributed by atoms with Gasteiger partial charge in [-0.05, 0) is 25.0 Å². The van der Waals surface area contributed by atoms with Gasteiger partial charge in [-0.15, -0.1) is 0 Å². The molecule has 0 aliphatic carbocycles. The zero-order valence-electron chi connectivity index (χ0n) is 11.7. The number of carbonyl (C=O) groups is 1. The standard InChI is InChI=1S/C16H17N3O/c1-3-16(4-2,11-17)19-15(20)14-10-9-12-7-5-6-8-13(12)18-14/h5-10H,3-4H2,1-2H3,(H,19,20). The van der Waals surface area contributed by atoms with Crippen molar-refractivity contribution >= 4 is 16.8 Å². The number of para-hydroxylation sites is 1. The van der Waals surface area contributed by atoms with Crippen LogP contribution in [0.5, 0.6) is 0 Å². The lowest BCUT2D eigenvalue weighted by Crippen LogP contribution is -2.46. The van der Waals surface area contributed by atoms with Crippen LogP contribution in [0.4, 0.5) is 0 Å². The fraction of sp³-hybridized carbons (Fsp3) is 0.312. The normalized spacial score (nSPS) is 11.1. The molecule has 0 bridgehead atoms. The van der Waals surface area contributed by atoms with E-state index in [9.17, 15) is 10.1 Å². The minimum Gasteiger partial charge on any atom is -0.332 e.